The topological polar surface area (TPSA) is 130 Å². The Balaban J connectivity index is 1.43. The second-order valence-corrected chi connectivity index (χ2v) is 8.84. The number of aromatic amines is 1. The maximum Gasteiger partial charge on any atom is 0.255 e. The van der Waals surface area contributed by atoms with E-state index in [1.807, 2.05) is 0 Å². The van der Waals surface area contributed by atoms with E-state index in [0.717, 1.165) is 12.8 Å². The van der Waals surface area contributed by atoms with Gasteiger partial charge in [-0.05, 0) is 31.2 Å². The van der Waals surface area contributed by atoms with Crippen molar-refractivity contribution in [1.82, 2.24) is 25.2 Å². The highest BCUT2D eigenvalue weighted by Crippen LogP contribution is 2.39. The van der Waals surface area contributed by atoms with Gasteiger partial charge in [-0.2, -0.15) is 0 Å². The van der Waals surface area contributed by atoms with E-state index in [4.69, 9.17) is 14.6 Å². The molecule has 2 aliphatic rings. The van der Waals surface area contributed by atoms with Gasteiger partial charge in [-0.15, -0.1) is 0 Å². The molecule has 35 heavy (non-hydrogen) atoms. The van der Waals surface area contributed by atoms with Crippen molar-refractivity contribution in [3.63, 3.8) is 0 Å². The van der Waals surface area contributed by atoms with E-state index in [1.165, 1.54) is 36.7 Å². The predicted octanol–water partition coefficient (Wildman–Crippen LogP) is 1.88. The van der Waals surface area contributed by atoms with E-state index in [2.05, 4.69) is 20.3 Å². The van der Waals surface area contributed by atoms with Gasteiger partial charge in [-0.25, -0.2) is 14.4 Å². The molecule has 3 aromatic rings. The van der Waals surface area contributed by atoms with Gasteiger partial charge in [0.05, 0.1) is 24.8 Å². The molecule has 1 aliphatic carbocycles. The number of aliphatic hydroxyl groups is 1. The van der Waals surface area contributed by atoms with E-state index in [9.17, 15) is 14.0 Å². The lowest BCUT2D eigenvalue weighted by Gasteiger charge is -2.15. The van der Waals surface area contributed by atoms with E-state index in [1.54, 1.807) is 0 Å². The molecule has 1 saturated carbocycles. The molecule has 0 bridgehead atoms. The summed E-state index contributed by atoms with van der Waals surface area (Å²) >= 11 is 0. The summed E-state index contributed by atoms with van der Waals surface area (Å²) in [5.74, 6) is -0.268. The largest absolute Gasteiger partial charge is 0.494 e. The first-order valence-electron chi connectivity index (χ1n) is 11.5. The number of ether oxygens (including phenoxy) is 2. The summed E-state index contributed by atoms with van der Waals surface area (Å²) in [6.45, 7) is 0.768. The van der Waals surface area contributed by atoms with Crippen molar-refractivity contribution in [3.8, 4) is 22.8 Å². The van der Waals surface area contributed by atoms with Crippen molar-refractivity contribution >= 4 is 22.8 Å². The lowest BCUT2D eigenvalue weighted by Crippen LogP contribution is -2.39. The van der Waals surface area contributed by atoms with Gasteiger partial charge in [0.15, 0.2) is 11.6 Å². The first-order valence-corrected chi connectivity index (χ1v) is 11.5. The average molecular weight is 484 g/mol. The number of benzene rings is 1. The van der Waals surface area contributed by atoms with Crippen LogP contribution in [0.15, 0.2) is 24.7 Å². The number of carbonyl (C=O) groups excluding carboxylic acids is 2. The Hall–Kier alpha value is -3.73. The van der Waals surface area contributed by atoms with Crippen LogP contribution in [0.3, 0.4) is 0 Å². The number of halogens is 1. The third-order valence-electron chi connectivity index (χ3n) is 6.40. The second kappa shape index (κ2) is 9.49. The summed E-state index contributed by atoms with van der Waals surface area (Å²) in [5, 5.41) is 12.0. The van der Waals surface area contributed by atoms with Crippen LogP contribution >= 0.6 is 0 Å². The van der Waals surface area contributed by atoms with Crippen molar-refractivity contribution in [2.75, 3.05) is 33.4 Å². The Morgan fingerprint density at radius 1 is 1.26 bits per heavy atom. The van der Waals surface area contributed by atoms with Crippen LogP contribution in [0.5, 0.6) is 11.5 Å². The summed E-state index contributed by atoms with van der Waals surface area (Å²) in [4.78, 5) is 37.9. The van der Waals surface area contributed by atoms with E-state index >= 15 is 0 Å². The molecule has 2 amide bonds. The Morgan fingerprint density at radius 2 is 2.09 bits per heavy atom. The Bertz CT molecular complexity index is 1270. The lowest BCUT2D eigenvalue weighted by molar-refractivity contribution is -0.133. The van der Waals surface area contributed by atoms with Crippen molar-refractivity contribution in [2.45, 2.75) is 25.3 Å². The number of fused-ring (bicyclic) bond motifs is 1. The van der Waals surface area contributed by atoms with Crippen LogP contribution in [0.4, 0.5) is 4.39 Å². The molecule has 11 heteroatoms. The molecular formula is C24H26FN5O5. The number of aromatic nitrogens is 3. The Morgan fingerprint density at radius 3 is 2.83 bits per heavy atom. The summed E-state index contributed by atoms with van der Waals surface area (Å²) in [7, 11) is 1.39. The van der Waals surface area contributed by atoms with Gasteiger partial charge in [-0.1, -0.05) is 0 Å². The van der Waals surface area contributed by atoms with Crippen molar-refractivity contribution in [3.05, 3.63) is 36.0 Å². The zero-order valence-electron chi connectivity index (χ0n) is 19.2. The normalized spacial score (nSPS) is 17.6. The summed E-state index contributed by atoms with van der Waals surface area (Å²) in [6.07, 6.45) is 5.66. The number of nitrogens with one attached hydrogen (secondary N) is 2. The highest BCUT2D eigenvalue weighted by molar-refractivity contribution is 6.08. The first-order chi connectivity index (χ1) is 17.0. The van der Waals surface area contributed by atoms with E-state index < -0.39 is 12.4 Å². The van der Waals surface area contributed by atoms with Crippen LogP contribution in [0.25, 0.3) is 22.3 Å². The molecule has 3 N–H and O–H groups in total. The smallest absolute Gasteiger partial charge is 0.255 e. The molecule has 1 atom stereocenters. The number of hydrogen-bond donors (Lipinski definition) is 3. The number of aliphatic hydroxyl groups excluding tert-OH is 1. The maximum absolute atomic E-state index is 14.7. The standard InChI is InChI=1S/C24H26FN5O5/c1-34-19-7-18(35-11-13-2-3-13)15(6-17(19)25)21-23-22(28-12-27-21)16(8-26-23)24(33)29-14-4-5-30(9-14)20(32)10-31/h6-8,12-14,26,31H,2-5,9-11H2,1H3,(H,29,33)/t14-/m1/s1. The fourth-order valence-corrected chi connectivity index (χ4v) is 4.27. The van der Waals surface area contributed by atoms with Crippen LogP contribution in [0, 0.1) is 11.7 Å². The molecule has 1 aliphatic heterocycles. The number of methoxy groups -OCH3 is 1. The molecule has 1 aromatic carbocycles. The number of nitrogens with zero attached hydrogens (tertiary/aromatic N) is 3. The Labute approximate surface area is 200 Å². The van der Waals surface area contributed by atoms with E-state index in [0.29, 0.717) is 65.6 Å². The third-order valence-corrected chi connectivity index (χ3v) is 6.40. The van der Waals surface area contributed by atoms with Gasteiger partial charge < -0.3 is 29.8 Å². The molecule has 3 heterocycles. The van der Waals surface area contributed by atoms with Crippen molar-refractivity contribution in [1.29, 1.82) is 0 Å². The summed E-state index contributed by atoms with van der Waals surface area (Å²) in [6, 6.07) is 2.59. The number of H-pyrrole nitrogens is 1. The molecule has 5 rings (SSSR count). The van der Waals surface area contributed by atoms with Gasteiger partial charge in [0.2, 0.25) is 5.91 Å². The van der Waals surface area contributed by atoms with Crippen LogP contribution < -0.4 is 14.8 Å². The number of rotatable bonds is 8. The minimum absolute atomic E-state index is 0.0710. The van der Waals surface area contributed by atoms with Crippen LogP contribution in [-0.4, -0.2) is 76.2 Å². The fourth-order valence-electron chi connectivity index (χ4n) is 4.27. The molecule has 0 radical (unpaired) electrons. The van der Waals surface area contributed by atoms with Crippen LogP contribution in [0.2, 0.25) is 0 Å². The monoisotopic (exact) mass is 483 g/mol. The van der Waals surface area contributed by atoms with Crippen molar-refractivity contribution in [2.24, 2.45) is 5.92 Å². The van der Waals surface area contributed by atoms with Gasteiger partial charge in [-0.3, -0.25) is 9.59 Å². The highest BCUT2D eigenvalue weighted by atomic mass is 19.1. The third kappa shape index (κ3) is 4.63. The molecule has 1 saturated heterocycles. The number of hydrogen-bond acceptors (Lipinski definition) is 7. The minimum Gasteiger partial charge on any atom is -0.494 e. The highest BCUT2D eigenvalue weighted by Gasteiger charge is 2.29. The molecule has 0 spiro atoms. The van der Waals surface area contributed by atoms with Crippen LogP contribution in [0.1, 0.15) is 29.6 Å². The number of carbonyl (C=O) groups is 2. The Kier molecular flexibility index (Phi) is 6.25. The molecular weight excluding hydrogens is 457 g/mol. The zero-order chi connectivity index (χ0) is 24.5. The van der Waals surface area contributed by atoms with Crippen LogP contribution in [-0.2, 0) is 4.79 Å². The molecule has 2 aromatic heterocycles. The first kappa shape index (κ1) is 23.0. The van der Waals surface area contributed by atoms with Gasteiger partial charge >= 0.3 is 0 Å². The quantitative estimate of drug-likeness (QED) is 0.446. The minimum atomic E-state index is -0.555. The van der Waals surface area contributed by atoms with Gasteiger partial charge in [0.25, 0.3) is 5.91 Å². The second-order valence-electron chi connectivity index (χ2n) is 8.84. The number of amides is 2. The zero-order valence-corrected chi connectivity index (χ0v) is 19.2. The van der Waals surface area contributed by atoms with Gasteiger partial charge in [0, 0.05) is 37.0 Å². The number of likely N-dealkylation sites (tertiary alicyclic amines) is 1. The SMILES string of the molecule is COc1cc(OCC2CC2)c(-c2ncnc3c(C(=O)N[C@@H]4CCN(C(=O)CO)C4)c[nH]c23)cc1F. The molecule has 10 nitrogen and oxygen atoms in total. The average Bonchev–Trinajstić information content (AvgIpc) is 3.40. The molecule has 2 fully saturated rings. The van der Waals surface area contributed by atoms with Crippen molar-refractivity contribution < 1.29 is 28.6 Å². The van der Waals surface area contributed by atoms with E-state index in [-0.39, 0.29) is 23.6 Å². The molecule has 0 unspecified atom stereocenters. The predicted molar refractivity (Wildman–Crippen MR) is 124 cm³/mol. The molecule has 184 valence electrons. The van der Waals surface area contributed by atoms with Gasteiger partial charge in [0.1, 0.15) is 29.9 Å². The maximum atomic E-state index is 14.7. The fraction of sp³-hybridized carbons (Fsp3) is 0.417. The summed E-state index contributed by atoms with van der Waals surface area (Å²) < 4.78 is 25.8. The lowest BCUT2D eigenvalue weighted by atomic mass is 10.1. The summed E-state index contributed by atoms with van der Waals surface area (Å²) in [5.41, 5.74) is 2.01.